The molecule has 0 unspecified atom stereocenters. The summed E-state index contributed by atoms with van der Waals surface area (Å²) < 4.78 is 30.0. The molecule has 2 aromatic heterocycles. The summed E-state index contributed by atoms with van der Waals surface area (Å²) in [6, 6.07) is 9.10. The van der Waals surface area contributed by atoms with Crippen molar-refractivity contribution in [2.75, 3.05) is 11.5 Å². The number of nitrogens with zero attached hydrogens (tertiary/aromatic N) is 3. The molecule has 0 N–H and O–H groups in total. The number of fused-ring (bicyclic) bond motifs is 1. The number of hydrogen-bond donors (Lipinski definition) is 0. The summed E-state index contributed by atoms with van der Waals surface area (Å²) in [4.78, 5) is 16.8. The van der Waals surface area contributed by atoms with E-state index in [1.807, 2.05) is 24.3 Å². The van der Waals surface area contributed by atoms with Gasteiger partial charge in [-0.15, -0.1) is 0 Å². The van der Waals surface area contributed by atoms with Crippen LogP contribution >= 0.6 is 0 Å². The second-order valence-electron chi connectivity index (χ2n) is 6.04. The van der Waals surface area contributed by atoms with Crippen molar-refractivity contribution in [3.05, 3.63) is 46.5 Å². The second kappa shape index (κ2) is 5.27. The van der Waals surface area contributed by atoms with Gasteiger partial charge >= 0.3 is 0 Å². The van der Waals surface area contributed by atoms with Crippen LogP contribution in [-0.2, 0) is 16.9 Å². The van der Waals surface area contributed by atoms with Crippen molar-refractivity contribution < 1.29 is 12.9 Å². The van der Waals surface area contributed by atoms with Gasteiger partial charge in [0.2, 0.25) is 0 Å². The van der Waals surface area contributed by atoms with Gasteiger partial charge in [-0.05, 0) is 23.9 Å². The third kappa shape index (κ3) is 2.43. The van der Waals surface area contributed by atoms with Gasteiger partial charge in [-0.1, -0.05) is 23.4 Å². The van der Waals surface area contributed by atoms with E-state index >= 15 is 0 Å². The van der Waals surface area contributed by atoms with Crippen LogP contribution in [0.25, 0.3) is 22.4 Å². The Bertz CT molecular complexity index is 1100. The van der Waals surface area contributed by atoms with Gasteiger partial charge in [0.25, 0.3) is 11.4 Å². The van der Waals surface area contributed by atoms with Gasteiger partial charge in [0.15, 0.2) is 15.7 Å². The maximum Gasteiger partial charge on any atom is 0.274 e. The zero-order valence-electron chi connectivity index (χ0n) is 13.0. The Morgan fingerprint density at radius 2 is 2.08 bits per heavy atom. The topological polar surface area (TPSA) is 95.1 Å². The van der Waals surface area contributed by atoms with Crippen molar-refractivity contribution in [3.63, 3.8) is 0 Å². The highest BCUT2D eigenvalue weighted by molar-refractivity contribution is 7.91. The molecule has 0 saturated carbocycles. The highest BCUT2D eigenvalue weighted by Crippen LogP contribution is 2.28. The predicted molar refractivity (Wildman–Crippen MR) is 88.5 cm³/mol. The smallest absolute Gasteiger partial charge is 0.274 e. The van der Waals surface area contributed by atoms with Gasteiger partial charge in [-0.3, -0.25) is 4.79 Å². The van der Waals surface area contributed by atoms with Crippen LogP contribution in [0.4, 0.5) is 0 Å². The van der Waals surface area contributed by atoms with Crippen molar-refractivity contribution in [1.29, 1.82) is 0 Å². The molecule has 0 aliphatic carbocycles. The van der Waals surface area contributed by atoms with Crippen LogP contribution in [-0.4, -0.2) is 34.6 Å². The van der Waals surface area contributed by atoms with Gasteiger partial charge in [-0.25, -0.2) is 8.42 Å². The molecule has 4 rings (SSSR count). The number of rotatable bonds is 2. The monoisotopic (exact) mass is 345 g/mol. The fraction of sp³-hybridized carbons (Fsp3) is 0.312. The molecule has 1 aromatic carbocycles. The molecule has 1 aliphatic rings. The first-order valence-electron chi connectivity index (χ1n) is 7.58. The Balaban J connectivity index is 1.79. The zero-order chi connectivity index (χ0) is 16.9. The third-order valence-electron chi connectivity index (χ3n) is 4.41. The molecule has 1 aliphatic heterocycles. The maximum absolute atomic E-state index is 12.5. The molecule has 0 radical (unpaired) electrons. The Morgan fingerprint density at radius 1 is 1.29 bits per heavy atom. The van der Waals surface area contributed by atoms with Crippen molar-refractivity contribution in [3.8, 4) is 11.6 Å². The molecular formula is C16H15N3O4S. The molecule has 124 valence electrons. The average Bonchev–Trinajstić information content (AvgIpc) is 3.17. The number of pyridine rings is 1. The fourth-order valence-electron chi connectivity index (χ4n) is 3.06. The van der Waals surface area contributed by atoms with Gasteiger partial charge in [0.05, 0.1) is 11.5 Å². The first-order valence-corrected chi connectivity index (χ1v) is 9.40. The highest BCUT2D eigenvalue weighted by Gasteiger charge is 2.32. The highest BCUT2D eigenvalue weighted by atomic mass is 32.2. The normalized spacial score (nSPS) is 19.8. The number of benzene rings is 1. The Morgan fingerprint density at radius 3 is 2.83 bits per heavy atom. The number of aromatic nitrogens is 3. The summed E-state index contributed by atoms with van der Waals surface area (Å²) in [6.45, 7) is 0. The SMILES string of the molecule is Cn1c(-c2nc([C@H]3CCS(=O)(=O)C3)no2)cc2ccccc2c1=O. The molecule has 3 aromatic rings. The largest absolute Gasteiger partial charge is 0.332 e. The molecule has 0 bridgehead atoms. The van der Waals surface area contributed by atoms with Crippen molar-refractivity contribution in [2.45, 2.75) is 12.3 Å². The van der Waals surface area contributed by atoms with E-state index in [0.717, 1.165) is 5.39 Å². The molecule has 24 heavy (non-hydrogen) atoms. The van der Waals surface area contributed by atoms with Gasteiger partial charge in [-0.2, -0.15) is 4.98 Å². The van der Waals surface area contributed by atoms with Crippen LogP contribution in [0.5, 0.6) is 0 Å². The first-order chi connectivity index (χ1) is 11.4. The summed E-state index contributed by atoms with van der Waals surface area (Å²) >= 11 is 0. The van der Waals surface area contributed by atoms with Crippen LogP contribution in [0.3, 0.4) is 0 Å². The van der Waals surface area contributed by atoms with E-state index in [0.29, 0.717) is 23.3 Å². The van der Waals surface area contributed by atoms with Crippen LogP contribution in [0.1, 0.15) is 18.2 Å². The molecule has 7 nitrogen and oxygen atoms in total. The quantitative estimate of drug-likeness (QED) is 0.698. The molecule has 1 fully saturated rings. The second-order valence-corrected chi connectivity index (χ2v) is 8.27. The lowest BCUT2D eigenvalue weighted by molar-refractivity contribution is 0.415. The van der Waals surface area contributed by atoms with E-state index in [4.69, 9.17) is 4.52 Å². The van der Waals surface area contributed by atoms with Crippen LogP contribution in [0, 0.1) is 0 Å². The Kier molecular flexibility index (Phi) is 3.31. The van der Waals surface area contributed by atoms with Crippen LogP contribution < -0.4 is 5.56 Å². The first kappa shape index (κ1) is 15.1. The minimum atomic E-state index is -3.02. The van der Waals surface area contributed by atoms with Gasteiger partial charge in [0, 0.05) is 18.4 Å². The Labute approximate surface area is 137 Å². The summed E-state index contributed by atoms with van der Waals surface area (Å²) in [5.74, 6) is 0.551. The van der Waals surface area contributed by atoms with Gasteiger partial charge < -0.3 is 9.09 Å². The molecule has 1 saturated heterocycles. The molecule has 3 heterocycles. The van der Waals surface area contributed by atoms with Gasteiger partial charge in [0.1, 0.15) is 5.69 Å². The summed E-state index contributed by atoms with van der Waals surface area (Å²) in [7, 11) is -1.37. The van der Waals surface area contributed by atoms with E-state index in [1.54, 1.807) is 13.1 Å². The molecule has 8 heteroatoms. The minimum absolute atomic E-state index is 0.0443. The summed E-state index contributed by atoms with van der Waals surface area (Å²) in [6.07, 6.45) is 0.498. The van der Waals surface area contributed by atoms with E-state index < -0.39 is 9.84 Å². The third-order valence-corrected chi connectivity index (χ3v) is 6.18. The zero-order valence-corrected chi connectivity index (χ0v) is 13.8. The number of hydrogen-bond acceptors (Lipinski definition) is 6. The van der Waals surface area contributed by atoms with E-state index in [2.05, 4.69) is 10.1 Å². The van der Waals surface area contributed by atoms with Crippen LogP contribution in [0.15, 0.2) is 39.6 Å². The van der Waals surface area contributed by atoms with Crippen molar-refractivity contribution >= 4 is 20.6 Å². The maximum atomic E-state index is 12.5. The fourth-order valence-corrected chi connectivity index (χ4v) is 4.80. The standard InChI is InChI=1S/C16H15N3O4S/c1-19-13(8-10-4-2-3-5-12(10)16(19)20)15-17-14(18-23-15)11-6-7-24(21,22)9-11/h2-5,8,11H,6-7,9H2,1H3/t11-/m0/s1. The van der Waals surface area contributed by atoms with E-state index in [-0.39, 0.29) is 28.9 Å². The lowest BCUT2D eigenvalue weighted by Crippen LogP contribution is -2.18. The summed E-state index contributed by atoms with van der Waals surface area (Å²) in [5, 5.41) is 5.33. The van der Waals surface area contributed by atoms with E-state index in [9.17, 15) is 13.2 Å². The van der Waals surface area contributed by atoms with Crippen molar-refractivity contribution in [1.82, 2.24) is 14.7 Å². The summed E-state index contributed by atoms with van der Waals surface area (Å²) in [5.41, 5.74) is 0.365. The molecule has 0 spiro atoms. The van der Waals surface area contributed by atoms with Crippen LogP contribution in [0.2, 0.25) is 0 Å². The number of sulfone groups is 1. The van der Waals surface area contributed by atoms with E-state index in [1.165, 1.54) is 4.57 Å². The molecule has 1 atom stereocenters. The minimum Gasteiger partial charge on any atom is -0.332 e. The molecule has 0 amide bonds. The Hall–Kier alpha value is -2.48. The van der Waals surface area contributed by atoms with Crippen molar-refractivity contribution in [2.24, 2.45) is 7.05 Å². The average molecular weight is 345 g/mol. The predicted octanol–water partition coefficient (Wildman–Crippen LogP) is 1.49. The lowest BCUT2D eigenvalue weighted by Gasteiger charge is -2.06. The molecular weight excluding hydrogens is 330 g/mol. The lowest BCUT2D eigenvalue weighted by atomic mass is 10.1.